The number of amides is 2. The Morgan fingerprint density at radius 3 is 2.45 bits per heavy atom. The van der Waals surface area contributed by atoms with E-state index in [1.807, 2.05) is 68.4 Å². The number of nitrogens with zero attached hydrogens (tertiary/aromatic N) is 1. The van der Waals surface area contributed by atoms with Crippen LogP contribution >= 0.6 is 0 Å². The zero-order valence-electron chi connectivity index (χ0n) is 18.7. The average Bonchev–Trinajstić information content (AvgIpc) is 3.29. The summed E-state index contributed by atoms with van der Waals surface area (Å²) in [6, 6.07) is 17.4. The van der Waals surface area contributed by atoms with Gasteiger partial charge in [-0.05, 0) is 56.4 Å². The number of carbonyl (C=O) groups is 2. The van der Waals surface area contributed by atoms with Gasteiger partial charge in [-0.2, -0.15) is 0 Å². The Labute approximate surface area is 185 Å². The molecular formula is C26H34N2O3. The Morgan fingerprint density at radius 1 is 1.06 bits per heavy atom. The smallest absolute Gasteiger partial charge is 0.242 e. The molecule has 0 aliphatic heterocycles. The minimum absolute atomic E-state index is 0.0195. The predicted octanol–water partition coefficient (Wildman–Crippen LogP) is 4.63. The second-order valence-electron chi connectivity index (χ2n) is 8.38. The SMILES string of the molecule is Cc1ccccc1CN(C(=O)CCCOc1ccccc1)C(C)C(=O)NC1CCCC1. The molecule has 5 nitrogen and oxygen atoms in total. The normalized spacial score (nSPS) is 14.8. The lowest BCUT2D eigenvalue weighted by atomic mass is 10.1. The molecule has 2 aromatic carbocycles. The van der Waals surface area contributed by atoms with Crippen molar-refractivity contribution < 1.29 is 14.3 Å². The molecule has 0 spiro atoms. The second kappa shape index (κ2) is 11.5. The molecule has 166 valence electrons. The maximum atomic E-state index is 13.1. The van der Waals surface area contributed by atoms with Crippen LogP contribution in [0.5, 0.6) is 5.75 Å². The van der Waals surface area contributed by atoms with E-state index in [1.165, 1.54) is 0 Å². The van der Waals surface area contributed by atoms with Crippen LogP contribution < -0.4 is 10.1 Å². The van der Waals surface area contributed by atoms with Crippen molar-refractivity contribution in [2.45, 2.75) is 71.0 Å². The molecule has 31 heavy (non-hydrogen) atoms. The van der Waals surface area contributed by atoms with E-state index in [0.717, 1.165) is 42.6 Å². The second-order valence-corrected chi connectivity index (χ2v) is 8.38. The molecule has 0 heterocycles. The Bertz CT molecular complexity index is 847. The summed E-state index contributed by atoms with van der Waals surface area (Å²) in [5.41, 5.74) is 2.19. The third kappa shape index (κ3) is 6.84. The van der Waals surface area contributed by atoms with Crippen LogP contribution in [0, 0.1) is 6.92 Å². The van der Waals surface area contributed by atoms with Gasteiger partial charge in [0.2, 0.25) is 11.8 Å². The van der Waals surface area contributed by atoms with E-state index in [9.17, 15) is 9.59 Å². The molecule has 1 fully saturated rings. The number of para-hydroxylation sites is 1. The minimum atomic E-state index is -0.511. The molecule has 1 aliphatic rings. The van der Waals surface area contributed by atoms with Crippen molar-refractivity contribution in [1.29, 1.82) is 0 Å². The summed E-state index contributed by atoms with van der Waals surface area (Å²) in [4.78, 5) is 27.8. The minimum Gasteiger partial charge on any atom is -0.494 e. The van der Waals surface area contributed by atoms with Crippen LogP contribution in [0.4, 0.5) is 0 Å². The van der Waals surface area contributed by atoms with Gasteiger partial charge in [0.15, 0.2) is 0 Å². The Hall–Kier alpha value is -2.82. The molecule has 0 radical (unpaired) electrons. The van der Waals surface area contributed by atoms with Crippen LogP contribution in [0.15, 0.2) is 54.6 Å². The number of hydrogen-bond donors (Lipinski definition) is 1. The molecule has 5 heteroatoms. The van der Waals surface area contributed by atoms with Gasteiger partial charge >= 0.3 is 0 Å². The highest BCUT2D eigenvalue weighted by Gasteiger charge is 2.28. The van der Waals surface area contributed by atoms with Crippen molar-refractivity contribution in [1.82, 2.24) is 10.2 Å². The van der Waals surface area contributed by atoms with E-state index in [-0.39, 0.29) is 17.9 Å². The van der Waals surface area contributed by atoms with Crippen LogP contribution in [0.1, 0.15) is 56.6 Å². The summed E-state index contributed by atoms with van der Waals surface area (Å²) < 4.78 is 5.72. The molecule has 2 aromatic rings. The van der Waals surface area contributed by atoms with Crippen molar-refractivity contribution in [3.05, 3.63) is 65.7 Å². The molecule has 0 bridgehead atoms. The van der Waals surface area contributed by atoms with E-state index in [4.69, 9.17) is 4.74 Å². The van der Waals surface area contributed by atoms with Gasteiger partial charge in [0.25, 0.3) is 0 Å². The third-order valence-electron chi connectivity index (χ3n) is 6.02. The van der Waals surface area contributed by atoms with Crippen molar-refractivity contribution >= 4 is 11.8 Å². The number of hydrogen-bond acceptors (Lipinski definition) is 3. The highest BCUT2D eigenvalue weighted by atomic mass is 16.5. The predicted molar refractivity (Wildman–Crippen MR) is 123 cm³/mol. The lowest BCUT2D eigenvalue weighted by molar-refractivity contribution is -0.141. The van der Waals surface area contributed by atoms with Gasteiger partial charge in [-0.15, -0.1) is 0 Å². The van der Waals surface area contributed by atoms with Crippen LogP contribution in [0.2, 0.25) is 0 Å². The zero-order valence-corrected chi connectivity index (χ0v) is 18.7. The van der Waals surface area contributed by atoms with E-state index < -0.39 is 6.04 Å². The summed E-state index contributed by atoms with van der Waals surface area (Å²) in [6.07, 6.45) is 5.33. The van der Waals surface area contributed by atoms with Crippen LogP contribution in [-0.4, -0.2) is 35.4 Å². The quantitative estimate of drug-likeness (QED) is 0.568. The van der Waals surface area contributed by atoms with E-state index in [2.05, 4.69) is 5.32 Å². The molecule has 3 rings (SSSR count). The highest BCUT2D eigenvalue weighted by molar-refractivity contribution is 5.87. The van der Waals surface area contributed by atoms with Crippen molar-refractivity contribution in [3.8, 4) is 5.75 Å². The van der Waals surface area contributed by atoms with Gasteiger partial charge in [-0.25, -0.2) is 0 Å². The van der Waals surface area contributed by atoms with Gasteiger partial charge in [0.05, 0.1) is 6.61 Å². The molecule has 1 atom stereocenters. The first kappa shape index (κ1) is 22.9. The number of rotatable bonds is 10. The molecule has 1 aliphatic carbocycles. The fourth-order valence-electron chi connectivity index (χ4n) is 4.02. The Balaban J connectivity index is 1.61. The zero-order chi connectivity index (χ0) is 22.1. The molecule has 2 amide bonds. The Morgan fingerprint density at radius 2 is 1.74 bits per heavy atom. The largest absolute Gasteiger partial charge is 0.494 e. The summed E-state index contributed by atoms with van der Waals surface area (Å²) in [5.74, 6) is 0.722. The first-order valence-electron chi connectivity index (χ1n) is 11.4. The first-order chi connectivity index (χ1) is 15.0. The van der Waals surface area contributed by atoms with E-state index >= 15 is 0 Å². The summed E-state index contributed by atoms with van der Waals surface area (Å²) >= 11 is 0. The van der Waals surface area contributed by atoms with Crippen LogP contribution in [-0.2, 0) is 16.1 Å². The Kier molecular flexibility index (Phi) is 8.51. The lowest BCUT2D eigenvalue weighted by Crippen LogP contribution is -2.49. The van der Waals surface area contributed by atoms with Crippen molar-refractivity contribution in [2.75, 3.05) is 6.61 Å². The van der Waals surface area contributed by atoms with Gasteiger partial charge in [0.1, 0.15) is 11.8 Å². The average molecular weight is 423 g/mol. The molecule has 1 unspecified atom stereocenters. The van der Waals surface area contributed by atoms with Crippen LogP contribution in [0.3, 0.4) is 0 Å². The fourth-order valence-corrected chi connectivity index (χ4v) is 4.02. The van der Waals surface area contributed by atoms with E-state index in [1.54, 1.807) is 4.90 Å². The topological polar surface area (TPSA) is 58.6 Å². The van der Waals surface area contributed by atoms with Crippen molar-refractivity contribution in [3.63, 3.8) is 0 Å². The number of aryl methyl sites for hydroxylation is 1. The van der Waals surface area contributed by atoms with Gasteiger partial charge in [0, 0.05) is 19.0 Å². The van der Waals surface area contributed by atoms with Crippen molar-refractivity contribution in [2.24, 2.45) is 0 Å². The van der Waals surface area contributed by atoms with Gasteiger partial charge < -0.3 is 15.0 Å². The standard InChI is InChI=1S/C26H34N2O3/c1-20-11-6-7-12-22(20)19-28(21(2)26(30)27-23-13-8-9-14-23)25(29)17-10-18-31-24-15-4-3-5-16-24/h3-7,11-12,15-16,21,23H,8-10,13-14,17-19H2,1-2H3,(H,27,30). The molecule has 0 aromatic heterocycles. The fraction of sp³-hybridized carbons (Fsp3) is 0.462. The maximum Gasteiger partial charge on any atom is 0.242 e. The molecule has 1 N–H and O–H groups in total. The van der Waals surface area contributed by atoms with Crippen LogP contribution in [0.25, 0.3) is 0 Å². The molecule has 0 saturated heterocycles. The highest BCUT2D eigenvalue weighted by Crippen LogP contribution is 2.19. The number of ether oxygens (including phenoxy) is 1. The summed E-state index contributed by atoms with van der Waals surface area (Å²) in [7, 11) is 0. The summed E-state index contributed by atoms with van der Waals surface area (Å²) in [5, 5.41) is 3.15. The third-order valence-corrected chi connectivity index (χ3v) is 6.02. The summed E-state index contributed by atoms with van der Waals surface area (Å²) in [6.45, 7) is 4.77. The molecular weight excluding hydrogens is 388 g/mol. The van der Waals surface area contributed by atoms with E-state index in [0.29, 0.717) is 26.0 Å². The monoisotopic (exact) mass is 422 g/mol. The lowest BCUT2D eigenvalue weighted by Gasteiger charge is -2.30. The number of carbonyl (C=O) groups excluding carboxylic acids is 2. The van der Waals surface area contributed by atoms with Gasteiger partial charge in [-0.1, -0.05) is 55.3 Å². The number of benzene rings is 2. The maximum absolute atomic E-state index is 13.1. The number of nitrogens with one attached hydrogen (secondary N) is 1. The first-order valence-corrected chi connectivity index (χ1v) is 11.4. The molecule has 1 saturated carbocycles. The van der Waals surface area contributed by atoms with Gasteiger partial charge in [-0.3, -0.25) is 9.59 Å².